The first-order valence-corrected chi connectivity index (χ1v) is 5.77. The van der Waals surface area contributed by atoms with Crippen LogP contribution in [-0.4, -0.2) is 25.7 Å². The van der Waals surface area contributed by atoms with Crippen LogP contribution in [0.4, 0.5) is 0 Å². The van der Waals surface area contributed by atoms with E-state index in [0.717, 1.165) is 31.8 Å². The maximum Gasteiger partial charge on any atom is 0.332 e. The molecule has 0 bridgehead atoms. The number of carbonyl (C=O) groups excluding carboxylic acids is 1. The van der Waals surface area contributed by atoms with Gasteiger partial charge >= 0.3 is 5.97 Å². The predicted molar refractivity (Wildman–Crippen MR) is 61.8 cm³/mol. The molecule has 0 spiro atoms. The van der Waals surface area contributed by atoms with Gasteiger partial charge in [-0.1, -0.05) is 33.3 Å². The molecular formula is C12H22O4. The van der Waals surface area contributed by atoms with Crippen molar-refractivity contribution in [1.29, 1.82) is 0 Å². The molecule has 0 fully saturated rings. The van der Waals surface area contributed by atoms with Crippen LogP contribution in [0.15, 0.2) is 12.7 Å². The summed E-state index contributed by atoms with van der Waals surface area (Å²) in [5.41, 5.74) is 0. The third-order valence-electron chi connectivity index (χ3n) is 1.95. The van der Waals surface area contributed by atoms with Gasteiger partial charge in [-0.3, -0.25) is 0 Å². The minimum Gasteiger partial charge on any atom is -0.435 e. The number of esters is 1. The molecule has 0 aliphatic carbocycles. The first-order chi connectivity index (χ1) is 7.74. The average Bonchev–Trinajstić information content (AvgIpc) is 2.29. The Morgan fingerprint density at radius 2 is 2.06 bits per heavy atom. The molecule has 0 heterocycles. The maximum atomic E-state index is 10.8. The number of ether oxygens (including phenoxy) is 3. The Hall–Kier alpha value is -0.870. The quantitative estimate of drug-likeness (QED) is 0.250. The Morgan fingerprint density at radius 1 is 1.31 bits per heavy atom. The van der Waals surface area contributed by atoms with Crippen molar-refractivity contribution in [2.24, 2.45) is 0 Å². The summed E-state index contributed by atoms with van der Waals surface area (Å²) in [7, 11) is 0. The zero-order valence-electron chi connectivity index (χ0n) is 10.2. The highest BCUT2D eigenvalue weighted by atomic mass is 16.8. The van der Waals surface area contributed by atoms with Crippen LogP contribution in [-0.2, 0) is 19.0 Å². The SMILES string of the molecule is C=CC(=O)OCOC(CCC)OCCCC. The summed E-state index contributed by atoms with van der Waals surface area (Å²) in [5, 5.41) is 0. The van der Waals surface area contributed by atoms with Crippen LogP contribution < -0.4 is 0 Å². The van der Waals surface area contributed by atoms with Gasteiger partial charge in [0.1, 0.15) is 0 Å². The second-order valence-corrected chi connectivity index (χ2v) is 3.39. The first kappa shape index (κ1) is 15.1. The average molecular weight is 230 g/mol. The molecule has 0 saturated heterocycles. The van der Waals surface area contributed by atoms with E-state index < -0.39 is 5.97 Å². The first-order valence-electron chi connectivity index (χ1n) is 5.77. The van der Waals surface area contributed by atoms with Gasteiger partial charge in [0.05, 0.1) is 0 Å². The second-order valence-electron chi connectivity index (χ2n) is 3.39. The third kappa shape index (κ3) is 8.44. The van der Waals surface area contributed by atoms with Crippen LogP contribution in [0.5, 0.6) is 0 Å². The van der Waals surface area contributed by atoms with E-state index in [-0.39, 0.29) is 13.1 Å². The summed E-state index contributed by atoms with van der Waals surface area (Å²) >= 11 is 0. The van der Waals surface area contributed by atoms with Crippen LogP contribution in [0.1, 0.15) is 39.5 Å². The molecule has 0 amide bonds. The largest absolute Gasteiger partial charge is 0.435 e. The summed E-state index contributed by atoms with van der Waals surface area (Å²) < 4.78 is 15.5. The lowest BCUT2D eigenvalue weighted by atomic mass is 10.3. The van der Waals surface area contributed by atoms with Crippen molar-refractivity contribution in [2.75, 3.05) is 13.4 Å². The van der Waals surface area contributed by atoms with Gasteiger partial charge in [-0.05, 0) is 12.8 Å². The zero-order chi connectivity index (χ0) is 12.2. The van der Waals surface area contributed by atoms with Crippen molar-refractivity contribution in [3.05, 3.63) is 12.7 Å². The van der Waals surface area contributed by atoms with Crippen molar-refractivity contribution >= 4 is 5.97 Å². The van der Waals surface area contributed by atoms with Crippen molar-refractivity contribution in [3.8, 4) is 0 Å². The summed E-state index contributed by atoms with van der Waals surface area (Å²) in [5.74, 6) is -0.483. The van der Waals surface area contributed by atoms with Crippen LogP contribution in [0.3, 0.4) is 0 Å². The third-order valence-corrected chi connectivity index (χ3v) is 1.95. The van der Waals surface area contributed by atoms with Crippen molar-refractivity contribution in [3.63, 3.8) is 0 Å². The van der Waals surface area contributed by atoms with E-state index in [1.165, 1.54) is 0 Å². The molecule has 0 aliphatic rings. The van der Waals surface area contributed by atoms with Crippen molar-refractivity contribution < 1.29 is 19.0 Å². The second kappa shape index (κ2) is 10.6. The topological polar surface area (TPSA) is 44.8 Å². The van der Waals surface area contributed by atoms with E-state index >= 15 is 0 Å². The molecule has 0 saturated carbocycles. The van der Waals surface area contributed by atoms with Gasteiger partial charge in [0.2, 0.25) is 0 Å². The van der Waals surface area contributed by atoms with Gasteiger partial charge in [-0.2, -0.15) is 0 Å². The Kier molecular flexibility index (Phi) is 10.1. The smallest absolute Gasteiger partial charge is 0.332 e. The fourth-order valence-electron chi connectivity index (χ4n) is 1.04. The molecule has 0 aromatic rings. The van der Waals surface area contributed by atoms with Gasteiger partial charge in [-0.15, -0.1) is 0 Å². The van der Waals surface area contributed by atoms with Gasteiger partial charge in [0.25, 0.3) is 0 Å². The Morgan fingerprint density at radius 3 is 2.62 bits per heavy atom. The molecule has 0 aliphatic heterocycles. The fraction of sp³-hybridized carbons (Fsp3) is 0.750. The summed E-state index contributed by atoms with van der Waals surface area (Å²) in [6, 6.07) is 0. The highest BCUT2D eigenvalue weighted by Crippen LogP contribution is 2.05. The van der Waals surface area contributed by atoms with E-state index in [4.69, 9.17) is 14.2 Å². The molecule has 16 heavy (non-hydrogen) atoms. The van der Waals surface area contributed by atoms with Crippen LogP contribution in [0, 0.1) is 0 Å². The standard InChI is InChI=1S/C12H22O4/c1-4-7-9-14-12(8-5-2)16-10-15-11(13)6-3/h6,12H,3-5,7-10H2,1-2H3. The van der Waals surface area contributed by atoms with Gasteiger partial charge in [0.15, 0.2) is 13.1 Å². The van der Waals surface area contributed by atoms with Gasteiger partial charge < -0.3 is 14.2 Å². The summed E-state index contributed by atoms with van der Waals surface area (Å²) in [4.78, 5) is 10.8. The van der Waals surface area contributed by atoms with Gasteiger partial charge in [-0.25, -0.2) is 4.79 Å². The van der Waals surface area contributed by atoms with Crippen molar-refractivity contribution in [1.82, 2.24) is 0 Å². The number of carbonyl (C=O) groups is 1. The minimum atomic E-state index is -0.483. The van der Waals surface area contributed by atoms with E-state index in [9.17, 15) is 4.79 Å². The number of rotatable bonds is 10. The van der Waals surface area contributed by atoms with E-state index in [1.54, 1.807) is 0 Å². The van der Waals surface area contributed by atoms with Crippen LogP contribution in [0.25, 0.3) is 0 Å². The van der Waals surface area contributed by atoms with E-state index in [0.29, 0.717) is 6.61 Å². The molecule has 0 aromatic carbocycles. The Balaban J connectivity index is 3.66. The molecule has 4 nitrogen and oxygen atoms in total. The molecular weight excluding hydrogens is 208 g/mol. The molecule has 0 N–H and O–H groups in total. The van der Waals surface area contributed by atoms with Crippen LogP contribution in [0.2, 0.25) is 0 Å². The Bertz CT molecular complexity index is 191. The van der Waals surface area contributed by atoms with Gasteiger partial charge in [0, 0.05) is 12.7 Å². The fourth-order valence-corrected chi connectivity index (χ4v) is 1.04. The molecule has 0 rings (SSSR count). The lowest BCUT2D eigenvalue weighted by Gasteiger charge is -2.17. The lowest BCUT2D eigenvalue weighted by Crippen LogP contribution is -2.20. The monoisotopic (exact) mass is 230 g/mol. The van der Waals surface area contributed by atoms with Crippen LogP contribution >= 0.6 is 0 Å². The summed E-state index contributed by atoms with van der Waals surface area (Å²) in [6.45, 7) is 8.04. The zero-order valence-corrected chi connectivity index (χ0v) is 10.2. The number of hydrogen-bond donors (Lipinski definition) is 0. The molecule has 1 unspecified atom stereocenters. The highest BCUT2D eigenvalue weighted by Gasteiger charge is 2.08. The molecule has 94 valence electrons. The lowest BCUT2D eigenvalue weighted by molar-refractivity contribution is -0.199. The number of unbranched alkanes of at least 4 members (excludes halogenated alkanes) is 1. The van der Waals surface area contributed by atoms with E-state index in [2.05, 4.69) is 20.4 Å². The predicted octanol–water partition coefficient (Wildman–Crippen LogP) is 2.63. The van der Waals surface area contributed by atoms with Crippen molar-refractivity contribution in [2.45, 2.75) is 45.8 Å². The van der Waals surface area contributed by atoms with E-state index in [1.807, 2.05) is 0 Å². The summed E-state index contributed by atoms with van der Waals surface area (Å²) in [6.07, 6.45) is 4.69. The normalized spacial score (nSPS) is 12.1. The maximum absolute atomic E-state index is 10.8. The molecule has 4 heteroatoms. The number of hydrogen-bond acceptors (Lipinski definition) is 4. The highest BCUT2D eigenvalue weighted by molar-refractivity contribution is 5.81. The molecule has 0 radical (unpaired) electrons. The Labute approximate surface area is 97.6 Å². The molecule has 0 aromatic heterocycles. The molecule has 1 atom stereocenters. The minimum absolute atomic E-state index is 0.0817.